The molecular weight excluding hydrogens is 132 g/mol. The summed E-state index contributed by atoms with van der Waals surface area (Å²) in [6, 6.07) is 0. The van der Waals surface area contributed by atoms with Crippen molar-refractivity contribution in [1.29, 1.82) is 0 Å². The third-order valence-corrected chi connectivity index (χ3v) is 1.67. The Morgan fingerprint density at radius 2 is 2.30 bits per heavy atom. The summed E-state index contributed by atoms with van der Waals surface area (Å²) in [4.78, 5) is 12.2. The van der Waals surface area contributed by atoms with E-state index < -0.39 is 0 Å². The highest BCUT2D eigenvalue weighted by atomic mass is 16.3. The zero-order valence-corrected chi connectivity index (χ0v) is 5.79. The van der Waals surface area contributed by atoms with Crippen LogP contribution in [0.1, 0.15) is 0 Å². The van der Waals surface area contributed by atoms with Gasteiger partial charge in [-0.15, -0.1) is 0 Å². The van der Waals surface area contributed by atoms with Gasteiger partial charge in [0.05, 0.1) is 6.54 Å². The minimum atomic E-state index is -0.295. The van der Waals surface area contributed by atoms with Gasteiger partial charge in [-0.25, -0.2) is 0 Å². The van der Waals surface area contributed by atoms with Crippen molar-refractivity contribution in [2.45, 2.75) is 0 Å². The third-order valence-electron chi connectivity index (χ3n) is 1.67. The van der Waals surface area contributed by atoms with Crippen molar-refractivity contribution >= 4 is 5.91 Å². The van der Waals surface area contributed by atoms with Gasteiger partial charge in [0, 0.05) is 25.6 Å². The molecular formula is C6H12N2O2. The Morgan fingerprint density at radius 3 is 2.70 bits per heavy atom. The zero-order valence-electron chi connectivity index (χ0n) is 5.79. The van der Waals surface area contributed by atoms with Crippen molar-refractivity contribution < 1.29 is 9.90 Å². The minimum absolute atomic E-state index is 0.218. The fraction of sp³-hybridized carbons (Fsp3) is 0.833. The molecule has 1 fully saturated rings. The molecule has 0 aromatic carbocycles. The number of carbonyl (C=O) groups is 1. The van der Waals surface area contributed by atoms with Gasteiger partial charge in [-0.05, 0) is 0 Å². The molecule has 0 aromatic rings. The number of hydrogen-bond acceptors (Lipinski definition) is 3. The van der Waals surface area contributed by atoms with E-state index in [1.807, 2.05) is 4.90 Å². The summed E-state index contributed by atoms with van der Waals surface area (Å²) in [5, 5.41) is 8.60. The molecule has 1 aliphatic rings. The topological polar surface area (TPSA) is 66.6 Å². The number of aliphatic hydroxyl groups excluding tert-OH is 1. The van der Waals surface area contributed by atoms with E-state index >= 15 is 0 Å². The molecule has 1 rings (SSSR count). The number of primary amides is 1. The summed E-state index contributed by atoms with van der Waals surface area (Å²) in [5.41, 5.74) is 4.95. The van der Waals surface area contributed by atoms with Crippen LogP contribution in [0.5, 0.6) is 0 Å². The van der Waals surface area contributed by atoms with E-state index in [1.54, 1.807) is 0 Å². The monoisotopic (exact) mass is 144 g/mol. The molecule has 0 atom stereocenters. The van der Waals surface area contributed by atoms with Crippen molar-refractivity contribution in [1.82, 2.24) is 4.90 Å². The minimum Gasteiger partial charge on any atom is -0.396 e. The number of amides is 1. The van der Waals surface area contributed by atoms with Gasteiger partial charge in [0.25, 0.3) is 0 Å². The van der Waals surface area contributed by atoms with Gasteiger partial charge in [-0.3, -0.25) is 9.69 Å². The lowest BCUT2D eigenvalue weighted by molar-refractivity contribution is -0.121. The van der Waals surface area contributed by atoms with Crippen LogP contribution in [0, 0.1) is 5.92 Å². The fourth-order valence-corrected chi connectivity index (χ4v) is 1.14. The number of carbonyl (C=O) groups excluding carboxylic acids is 1. The molecule has 1 saturated heterocycles. The van der Waals surface area contributed by atoms with Crippen LogP contribution in [-0.2, 0) is 4.79 Å². The zero-order chi connectivity index (χ0) is 7.56. The Balaban J connectivity index is 2.08. The molecule has 0 saturated carbocycles. The molecule has 4 nitrogen and oxygen atoms in total. The molecule has 0 unspecified atom stereocenters. The smallest absolute Gasteiger partial charge is 0.231 e. The van der Waals surface area contributed by atoms with Gasteiger partial charge < -0.3 is 10.8 Å². The SMILES string of the molecule is NC(=O)CN1CC(CO)C1. The summed E-state index contributed by atoms with van der Waals surface area (Å²) in [6.07, 6.45) is 0. The van der Waals surface area contributed by atoms with Crippen LogP contribution in [0.25, 0.3) is 0 Å². The fourth-order valence-electron chi connectivity index (χ4n) is 1.14. The number of nitrogens with two attached hydrogens (primary N) is 1. The largest absolute Gasteiger partial charge is 0.396 e. The van der Waals surface area contributed by atoms with Gasteiger partial charge in [0.2, 0.25) is 5.91 Å². The van der Waals surface area contributed by atoms with Crippen molar-refractivity contribution in [2.75, 3.05) is 26.2 Å². The van der Waals surface area contributed by atoms with E-state index in [2.05, 4.69) is 0 Å². The van der Waals surface area contributed by atoms with E-state index in [-0.39, 0.29) is 12.5 Å². The molecule has 1 amide bonds. The van der Waals surface area contributed by atoms with Gasteiger partial charge in [0.15, 0.2) is 0 Å². The predicted octanol–water partition coefficient (Wildman–Crippen LogP) is -1.60. The van der Waals surface area contributed by atoms with Crippen molar-refractivity contribution in [3.8, 4) is 0 Å². The average Bonchev–Trinajstić information content (AvgIpc) is 1.76. The molecule has 10 heavy (non-hydrogen) atoms. The molecule has 1 aliphatic heterocycles. The molecule has 0 aliphatic carbocycles. The van der Waals surface area contributed by atoms with Crippen LogP contribution >= 0.6 is 0 Å². The number of nitrogens with zero attached hydrogens (tertiary/aromatic N) is 1. The van der Waals surface area contributed by atoms with E-state index in [4.69, 9.17) is 10.8 Å². The van der Waals surface area contributed by atoms with Crippen molar-refractivity contribution in [3.63, 3.8) is 0 Å². The van der Waals surface area contributed by atoms with Crippen LogP contribution in [0.2, 0.25) is 0 Å². The highest BCUT2D eigenvalue weighted by molar-refractivity contribution is 5.76. The van der Waals surface area contributed by atoms with Crippen LogP contribution in [0.3, 0.4) is 0 Å². The normalized spacial score (nSPS) is 20.5. The number of likely N-dealkylation sites (tertiary alicyclic amines) is 1. The summed E-state index contributed by atoms with van der Waals surface area (Å²) in [6.45, 7) is 2.16. The maximum absolute atomic E-state index is 10.3. The van der Waals surface area contributed by atoms with Crippen LogP contribution in [0.4, 0.5) is 0 Å². The van der Waals surface area contributed by atoms with E-state index in [9.17, 15) is 4.79 Å². The maximum Gasteiger partial charge on any atom is 0.231 e. The first kappa shape index (κ1) is 7.50. The number of hydrogen-bond donors (Lipinski definition) is 2. The Bertz CT molecular complexity index is 132. The van der Waals surface area contributed by atoms with Crippen molar-refractivity contribution in [2.24, 2.45) is 11.7 Å². The first-order valence-corrected chi connectivity index (χ1v) is 3.34. The summed E-state index contributed by atoms with van der Waals surface area (Å²) < 4.78 is 0. The molecule has 0 radical (unpaired) electrons. The quantitative estimate of drug-likeness (QED) is 0.501. The second-order valence-electron chi connectivity index (χ2n) is 2.71. The first-order valence-electron chi connectivity index (χ1n) is 3.34. The molecule has 58 valence electrons. The Hall–Kier alpha value is -0.610. The second-order valence-corrected chi connectivity index (χ2v) is 2.71. The average molecular weight is 144 g/mol. The lowest BCUT2D eigenvalue weighted by Gasteiger charge is -2.37. The first-order chi connectivity index (χ1) is 4.72. The van der Waals surface area contributed by atoms with Crippen molar-refractivity contribution in [3.05, 3.63) is 0 Å². The number of aliphatic hydroxyl groups is 1. The molecule has 3 N–H and O–H groups in total. The van der Waals surface area contributed by atoms with Crippen LogP contribution in [-0.4, -0.2) is 42.2 Å². The lowest BCUT2D eigenvalue weighted by atomic mass is 10.0. The lowest BCUT2D eigenvalue weighted by Crippen LogP contribution is -2.51. The molecule has 1 heterocycles. The highest BCUT2D eigenvalue weighted by Crippen LogP contribution is 2.12. The molecule has 0 spiro atoms. The van der Waals surface area contributed by atoms with Gasteiger partial charge >= 0.3 is 0 Å². The van der Waals surface area contributed by atoms with E-state index in [0.29, 0.717) is 12.5 Å². The standard InChI is InChI=1S/C6H12N2O2/c7-6(10)3-8-1-5(2-8)4-9/h5,9H,1-4H2,(H2,7,10). The summed E-state index contributed by atoms with van der Waals surface area (Å²) in [5.74, 6) is 0.0655. The Morgan fingerprint density at radius 1 is 1.70 bits per heavy atom. The van der Waals surface area contributed by atoms with Crippen LogP contribution in [0.15, 0.2) is 0 Å². The van der Waals surface area contributed by atoms with Gasteiger partial charge in [-0.2, -0.15) is 0 Å². The van der Waals surface area contributed by atoms with E-state index in [0.717, 1.165) is 13.1 Å². The van der Waals surface area contributed by atoms with E-state index in [1.165, 1.54) is 0 Å². The van der Waals surface area contributed by atoms with Gasteiger partial charge in [0.1, 0.15) is 0 Å². The second kappa shape index (κ2) is 2.98. The predicted molar refractivity (Wildman–Crippen MR) is 36.2 cm³/mol. The molecule has 0 bridgehead atoms. The number of rotatable bonds is 3. The Labute approximate surface area is 59.6 Å². The van der Waals surface area contributed by atoms with Gasteiger partial charge in [-0.1, -0.05) is 0 Å². The summed E-state index contributed by atoms with van der Waals surface area (Å²) in [7, 11) is 0. The Kier molecular flexibility index (Phi) is 2.24. The maximum atomic E-state index is 10.3. The molecule has 0 aromatic heterocycles. The molecule has 4 heteroatoms. The third kappa shape index (κ3) is 1.68. The van der Waals surface area contributed by atoms with Crippen LogP contribution < -0.4 is 5.73 Å². The highest BCUT2D eigenvalue weighted by Gasteiger charge is 2.26. The summed E-state index contributed by atoms with van der Waals surface area (Å²) >= 11 is 0.